The minimum atomic E-state index is -1.34. The number of rotatable bonds is 4. The summed E-state index contributed by atoms with van der Waals surface area (Å²) in [5.74, 6) is 1.14. The molecule has 1 aliphatic heterocycles. The second kappa shape index (κ2) is 5.09. The highest BCUT2D eigenvalue weighted by molar-refractivity contribution is 5.83. The lowest BCUT2D eigenvalue weighted by Gasteiger charge is -2.16. The Morgan fingerprint density at radius 1 is 1.37 bits per heavy atom. The van der Waals surface area contributed by atoms with E-state index in [1.165, 1.54) is 13.8 Å². The molecule has 0 radical (unpaired) electrons. The first-order valence-electron chi connectivity index (χ1n) is 6.28. The number of aryl methyl sites for hydroxylation is 1. The predicted molar refractivity (Wildman–Crippen MR) is 70.3 cm³/mol. The highest BCUT2D eigenvalue weighted by Gasteiger charge is 2.23. The van der Waals surface area contributed by atoms with Crippen molar-refractivity contribution in [2.24, 2.45) is 0 Å². The van der Waals surface area contributed by atoms with Crippen LogP contribution in [0.3, 0.4) is 0 Å². The Hall–Kier alpha value is -1.75. The van der Waals surface area contributed by atoms with E-state index in [0.717, 1.165) is 22.6 Å². The summed E-state index contributed by atoms with van der Waals surface area (Å²) in [6.45, 7) is 5.66. The molecule has 104 valence electrons. The number of nitrogens with one attached hydrogen (secondary N) is 1. The Kier molecular flexibility index (Phi) is 3.66. The summed E-state index contributed by atoms with van der Waals surface area (Å²) in [6, 6.07) is 3.88. The molecule has 0 saturated carbocycles. The van der Waals surface area contributed by atoms with Gasteiger partial charge in [-0.05, 0) is 50.5 Å². The number of hydrogen-bond donors (Lipinski definition) is 2. The van der Waals surface area contributed by atoms with Gasteiger partial charge in [-0.2, -0.15) is 0 Å². The molecule has 0 atom stereocenters. The summed E-state index contributed by atoms with van der Waals surface area (Å²) >= 11 is 0. The SMILES string of the molecule is Cc1cc2c(cc1CCNC(=O)C(C)(C)O)OCO2. The highest BCUT2D eigenvalue weighted by Crippen LogP contribution is 2.34. The molecule has 0 bridgehead atoms. The van der Waals surface area contributed by atoms with Crippen LogP contribution in [0.1, 0.15) is 25.0 Å². The van der Waals surface area contributed by atoms with Crippen LogP contribution in [0.15, 0.2) is 12.1 Å². The van der Waals surface area contributed by atoms with Crippen molar-refractivity contribution >= 4 is 5.91 Å². The first-order valence-corrected chi connectivity index (χ1v) is 6.28. The average molecular weight is 265 g/mol. The fourth-order valence-electron chi connectivity index (χ4n) is 1.88. The van der Waals surface area contributed by atoms with E-state index in [1.54, 1.807) is 0 Å². The van der Waals surface area contributed by atoms with Gasteiger partial charge in [-0.1, -0.05) is 0 Å². The van der Waals surface area contributed by atoms with Crippen LogP contribution in [0.4, 0.5) is 0 Å². The lowest BCUT2D eigenvalue weighted by Crippen LogP contribution is -2.42. The van der Waals surface area contributed by atoms with Gasteiger partial charge in [0.2, 0.25) is 6.79 Å². The van der Waals surface area contributed by atoms with E-state index in [4.69, 9.17) is 9.47 Å². The first kappa shape index (κ1) is 13.7. The van der Waals surface area contributed by atoms with Crippen LogP contribution in [0, 0.1) is 6.92 Å². The molecular weight excluding hydrogens is 246 g/mol. The van der Waals surface area contributed by atoms with E-state index >= 15 is 0 Å². The molecule has 0 aromatic heterocycles. The maximum absolute atomic E-state index is 11.5. The van der Waals surface area contributed by atoms with Crippen molar-refractivity contribution in [1.82, 2.24) is 5.32 Å². The fourth-order valence-corrected chi connectivity index (χ4v) is 1.88. The monoisotopic (exact) mass is 265 g/mol. The second-order valence-electron chi connectivity index (χ2n) is 5.20. The maximum Gasteiger partial charge on any atom is 0.251 e. The number of hydrogen-bond acceptors (Lipinski definition) is 4. The van der Waals surface area contributed by atoms with Crippen LogP contribution in [0.2, 0.25) is 0 Å². The number of ether oxygens (including phenoxy) is 2. The van der Waals surface area contributed by atoms with Gasteiger partial charge in [0, 0.05) is 6.54 Å². The van der Waals surface area contributed by atoms with Crippen molar-refractivity contribution in [3.8, 4) is 11.5 Å². The van der Waals surface area contributed by atoms with Crippen LogP contribution in [0.25, 0.3) is 0 Å². The molecule has 1 aromatic carbocycles. The second-order valence-corrected chi connectivity index (χ2v) is 5.20. The molecule has 0 fully saturated rings. The molecule has 1 amide bonds. The normalized spacial score (nSPS) is 13.5. The number of aliphatic hydroxyl groups is 1. The van der Waals surface area contributed by atoms with E-state index in [1.807, 2.05) is 19.1 Å². The number of carbonyl (C=O) groups is 1. The molecule has 19 heavy (non-hydrogen) atoms. The number of fused-ring (bicyclic) bond motifs is 1. The molecule has 0 aliphatic carbocycles. The van der Waals surface area contributed by atoms with Crippen molar-refractivity contribution in [3.05, 3.63) is 23.3 Å². The summed E-state index contributed by atoms with van der Waals surface area (Å²) in [5.41, 5.74) is 0.853. The van der Waals surface area contributed by atoms with Crippen molar-refractivity contribution in [2.45, 2.75) is 32.8 Å². The Labute approximate surface area is 112 Å². The third kappa shape index (κ3) is 3.17. The van der Waals surface area contributed by atoms with Crippen LogP contribution >= 0.6 is 0 Å². The summed E-state index contributed by atoms with van der Waals surface area (Å²) in [5, 5.41) is 12.2. The Bertz CT molecular complexity index is 491. The zero-order valence-corrected chi connectivity index (χ0v) is 11.4. The predicted octanol–water partition coefficient (Wildman–Crippen LogP) is 1.15. The third-order valence-electron chi connectivity index (χ3n) is 3.07. The molecule has 2 rings (SSSR count). The van der Waals surface area contributed by atoms with Crippen molar-refractivity contribution in [3.63, 3.8) is 0 Å². The van der Waals surface area contributed by atoms with Crippen LogP contribution in [0.5, 0.6) is 11.5 Å². The Morgan fingerprint density at radius 2 is 2.00 bits per heavy atom. The summed E-state index contributed by atoms with van der Waals surface area (Å²) in [7, 11) is 0. The zero-order chi connectivity index (χ0) is 14.0. The van der Waals surface area contributed by atoms with Gasteiger partial charge >= 0.3 is 0 Å². The molecule has 0 spiro atoms. The van der Waals surface area contributed by atoms with Gasteiger partial charge in [0.15, 0.2) is 11.5 Å². The van der Waals surface area contributed by atoms with Gasteiger partial charge in [-0.25, -0.2) is 0 Å². The number of benzene rings is 1. The molecule has 1 heterocycles. The summed E-state index contributed by atoms with van der Waals surface area (Å²) < 4.78 is 10.6. The van der Waals surface area contributed by atoms with E-state index in [0.29, 0.717) is 13.0 Å². The van der Waals surface area contributed by atoms with Crippen LogP contribution in [-0.2, 0) is 11.2 Å². The van der Waals surface area contributed by atoms with Crippen molar-refractivity contribution in [1.29, 1.82) is 0 Å². The molecule has 1 aliphatic rings. The number of amides is 1. The van der Waals surface area contributed by atoms with E-state index in [9.17, 15) is 9.90 Å². The van der Waals surface area contributed by atoms with E-state index in [-0.39, 0.29) is 12.7 Å². The number of carbonyl (C=O) groups excluding carboxylic acids is 1. The third-order valence-corrected chi connectivity index (χ3v) is 3.07. The molecule has 0 unspecified atom stereocenters. The highest BCUT2D eigenvalue weighted by atomic mass is 16.7. The molecule has 1 aromatic rings. The van der Waals surface area contributed by atoms with Gasteiger partial charge in [0.25, 0.3) is 5.91 Å². The molecule has 5 heteroatoms. The zero-order valence-electron chi connectivity index (χ0n) is 11.4. The minimum absolute atomic E-state index is 0.258. The maximum atomic E-state index is 11.5. The van der Waals surface area contributed by atoms with Crippen LogP contribution < -0.4 is 14.8 Å². The summed E-state index contributed by atoms with van der Waals surface area (Å²) in [6.07, 6.45) is 0.685. The van der Waals surface area contributed by atoms with Crippen molar-refractivity contribution < 1.29 is 19.4 Å². The summed E-state index contributed by atoms with van der Waals surface area (Å²) in [4.78, 5) is 11.5. The molecule has 5 nitrogen and oxygen atoms in total. The van der Waals surface area contributed by atoms with Gasteiger partial charge in [0.1, 0.15) is 5.60 Å². The quantitative estimate of drug-likeness (QED) is 0.857. The molecular formula is C14H19NO4. The lowest BCUT2D eigenvalue weighted by molar-refractivity contribution is -0.136. The smallest absolute Gasteiger partial charge is 0.251 e. The fraction of sp³-hybridized carbons (Fsp3) is 0.500. The first-order chi connectivity index (χ1) is 8.88. The molecule has 0 saturated heterocycles. The van der Waals surface area contributed by atoms with Crippen LogP contribution in [-0.4, -0.2) is 30.0 Å². The largest absolute Gasteiger partial charge is 0.454 e. The average Bonchev–Trinajstić information content (AvgIpc) is 2.74. The van der Waals surface area contributed by atoms with Gasteiger partial charge < -0.3 is 19.9 Å². The standard InChI is InChI=1S/C14H19NO4/c1-9-6-11-12(19-8-18-11)7-10(9)4-5-15-13(16)14(2,3)17/h6-7,17H,4-5,8H2,1-3H3,(H,15,16). The van der Waals surface area contributed by atoms with Gasteiger partial charge in [-0.3, -0.25) is 4.79 Å². The minimum Gasteiger partial charge on any atom is -0.454 e. The van der Waals surface area contributed by atoms with E-state index < -0.39 is 5.60 Å². The Balaban J connectivity index is 1.95. The Morgan fingerprint density at radius 3 is 2.63 bits per heavy atom. The topological polar surface area (TPSA) is 67.8 Å². The van der Waals surface area contributed by atoms with Crippen molar-refractivity contribution in [2.75, 3.05) is 13.3 Å². The van der Waals surface area contributed by atoms with Gasteiger partial charge in [-0.15, -0.1) is 0 Å². The van der Waals surface area contributed by atoms with Gasteiger partial charge in [0.05, 0.1) is 0 Å². The van der Waals surface area contributed by atoms with E-state index in [2.05, 4.69) is 5.32 Å². The molecule has 2 N–H and O–H groups in total. The lowest BCUT2D eigenvalue weighted by atomic mass is 10.0.